The highest BCUT2D eigenvalue weighted by molar-refractivity contribution is 7.13. The zero-order valence-electron chi connectivity index (χ0n) is 12.8. The summed E-state index contributed by atoms with van der Waals surface area (Å²) in [5.41, 5.74) is 1.52. The van der Waals surface area contributed by atoms with E-state index in [0.717, 1.165) is 12.8 Å². The van der Waals surface area contributed by atoms with E-state index in [-0.39, 0.29) is 48.6 Å². The summed E-state index contributed by atoms with van der Waals surface area (Å²) in [6.45, 7) is 0.415. The Kier molecular flexibility index (Phi) is 3.79. The third-order valence-electron chi connectivity index (χ3n) is 5.05. The molecule has 2 fully saturated rings. The van der Waals surface area contributed by atoms with E-state index in [9.17, 15) is 14.4 Å². The number of carbonyl (C=O) groups excluding carboxylic acids is 3. The minimum absolute atomic E-state index is 0.0876. The predicted octanol–water partition coefficient (Wildman–Crippen LogP) is 0.857. The van der Waals surface area contributed by atoms with Crippen molar-refractivity contribution in [2.45, 2.75) is 12.8 Å². The standard InChI is InChI=1S/C15H17N5O3S/c21-12-10-8-1-2-9(4-3-8)11(10)13(22)20(12)6-5-16-14(23)18-15-19-17-7-24-15/h1-2,7-11H,3-6H2,(H2,16,18,19,23)/t8-,9-,10-,11-/m0/s1. The van der Waals surface area contributed by atoms with Gasteiger partial charge in [-0.25, -0.2) is 4.79 Å². The van der Waals surface area contributed by atoms with Gasteiger partial charge in [-0.3, -0.25) is 19.8 Å². The second-order valence-electron chi connectivity index (χ2n) is 6.29. The minimum atomic E-state index is -0.426. The molecule has 0 unspecified atom stereocenters. The maximum absolute atomic E-state index is 12.6. The number of hydrogen-bond acceptors (Lipinski definition) is 6. The summed E-state index contributed by atoms with van der Waals surface area (Å²) in [6, 6.07) is -0.426. The van der Waals surface area contributed by atoms with E-state index in [2.05, 4.69) is 33.0 Å². The molecule has 2 bridgehead atoms. The van der Waals surface area contributed by atoms with E-state index in [1.54, 1.807) is 0 Å². The van der Waals surface area contributed by atoms with E-state index in [0.29, 0.717) is 5.13 Å². The number of nitrogens with zero attached hydrogens (tertiary/aromatic N) is 3. The highest BCUT2D eigenvalue weighted by atomic mass is 32.1. The number of hydrogen-bond donors (Lipinski definition) is 2. The first-order valence-corrected chi connectivity index (χ1v) is 8.87. The Morgan fingerprint density at radius 3 is 2.42 bits per heavy atom. The Balaban J connectivity index is 1.33. The summed E-state index contributed by atoms with van der Waals surface area (Å²) in [5.74, 6) is -0.191. The molecule has 9 heteroatoms. The molecule has 2 heterocycles. The van der Waals surface area contributed by atoms with Gasteiger partial charge in [0.1, 0.15) is 5.51 Å². The number of nitrogens with one attached hydrogen (secondary N) is 2. The molecule has 4 atom stereocenters. The van der Waals surface area contributed by atoms with Gasteiger partial charge in [-0.1, -0.05) is 23.5 Å². The molecule has 4 aliphatic rings. The molecule has 5 rings (SSSR count). The van der Waals surface area contributed by atoms with Gasteiger partial charge < -0.3 is 5.32 Å². The van der Waals surface area contributed by atoms with Crippen molar-refractivity contribution in [2.24, 2.45) is 23.7 Å². The van der Waals surface area contributed by atoms with E-state index in [1.165, 1.54) is 21.7 Å². The average molecular weight is 347 g/mol. The van der Waals surface area contributed by atoms with Crippen LogP contribution in [-0.2, 0) is 9.59 Å². The molecule has 2 N–H and O–H groups in total. The molecular weight excluding hydrogens is 330 g/mol. The summed E-state index contributed by atoms with van der Waals surface area (Å²) >= 11 is 1.21. The van der Waals surface area contributed by atoms with E-state index in [4.69, 9.17) is 0 Å². The fourth-order valence-corrected chi connectivity index (χ4v) is 4.45. The number of fused-ring (bicyclic) bond motifs is 1. The first-order chi connectivity index (χ1) is 11.6. The van der Waals surface area contributed by atoms with Crippen molar-refractivity contribution in [1.29, 1.82) is 0 Å². The lowest BCUT2D eigenvalue weighted by molar-refractivity contribution is -0.140. The minimum Gasteiger partial charge on any atom is -0.336 e. The number of likely N-dealkylation sites (tertiary alicyclic amines) is 1. The number of carbonyl (C=O) groups is 3. The normalized spacial score (nSPS) is 30.6. The van der Waals surface area contributed by atoms with Crippen molar-refractivity contribution in [1.82, 2.24) is 20.4 Å². The molecule has 0 aromatic carbocycles. The van der Waals surface area contributed by atoms with Gasteiger partial charge in [0.2, 0.25) is 16.9 Å². The van der Waals surface area contributed by atoms with Gasteiger partial charge >= 0.3 is 6.03 Å². The van der Waals surface area contributed by atoms with Gasteiger partial charge in [-0.2, -0.15) is 0 Å². The molecule has 1 aromatic heterocycles. The number of allylic oxidation sites excluding steroid dienone is 2. The fourth-order valence-electron chi connectivity index (χ4n) is 4.01. The lowest BCUT2D eigenvalue weighted by atomic mass is 9.63. The van der Waals surface area contributed by atoms with E-state index < -0.39 is 6.03 Å². The third kappa shape index (κ3) is 2.48. The number of imide groups is 1. The number of rotatable bonds is 4. The van der Waals surface area contributed by atoms with E-state index in [1.807, 2.05) is 0 Å². The summed E-state index contributed by atoms with van der Waals surface area (Å²) in [4.78, 5) is 38.2. The van der Waals surface area contributed by atoms with Gasteiger partial charge in [-0.05, 0) is 24.7 Å². The van der Waals surface area contributed by atoms with Crippen LogP contribution in [0.5, 0.6) is 0 Å². The largest absolute Gasteiger partial charge is 0.336 e. The van der Waals surface area contributed by atoms with Crippen LogP contribution in [0.25, 0.3) is 0 Å². The smallest absolute Gasteiger partial charge is 0.321 e. The molecule has 3 aliphatic carbocycles. The van der Waals surface area contributed by atoms with Crippen molar-refractivity contribution < 1.29 is 14.4 Å². The first-order valence-electron chi connectivity index (χ1n) is 7.99. The highest BCUT2D eigenvalue weighted by Gasteiger charge is 2.56. The maximum Gasteiger partial charge on any atom is 0.321 e. The molecule has 126 valence electrons. The van der Waals surface area contributed by atoms with Crippen molar-refractivity contribution in [3.05, 3.63) is 17.7 Å². The molecular formula is C15H17N5O3S. The number of anilines is 1. The number of aromatic nitrogens is 2. The summed E-state index contributed by atoms with van der Waals surface area (Å²) < 4.78 is 0. The van der Waals surface area contributed by atoms with Crippen molar-refractivity contribution in [3.8, 4) is 0 Å². The van der Waals surface area contributed by atoms with Crippen LogP contribution in [0.3, 0.4) is 0 Å². The van der Waals surface area contributed by atoms with Crippen LogP contribution in [0.2, 0.25) is 0 Å². The average Bonchev–Trinajstić information content (AvgIpc) is 3.19. The number of amides is 4. The first kappa shape index (κ1) is 15.3. The monoisotopic (exact) mass is 347 g/mol. The topological polar surface area (TPSA) is 104 Å². The van der Waals surface area contributed by atoms with Gasteiger partial charge in [0.15, 0.2) is 0 Å². The SMILES string of the molecule is O=C(NCCN1C(=O)[C@@H]2[C@@H](C1=O)[C@H]1C=C[C@H]2CC1)Nc1nncs1. The lowest BCUT2D eigenvalue weighted by Crippen LogP contribution is -2.40. The van der Waals surface area contributed by atoms with Gasteiger partial charge in [0.25, 0.3) is 0 Å². The Hall–Kier alpha value is -2.29. The van der Waals surface area contributed by atoms with Crippen molar-refractivity contribution in [3.63, 3.8) is 0 Å². The van der Waals surface area contributed by atoms with Crippen molar-refractivity contribution >= 4 is 34.3 Å². The van der Waals surface area contributed by atoms with E-state index >= 15 is 0 Å². The summed E-state index contributed by atoms with van der Waals surface area (Å²) in [7, 11) is 0. The molecule has 1 saturated carbocycles. The number of urea groups is 1. The quantitative estimate of drug-likeness (QED) is 0.621. The summed E-state index contributed by atoms with van der Waals surface area (Å²) in [6.07, 6.45) is 6.16. The Bertz CT molecular complexity index is 672. The molecule has 8 nitrogen and oxygen atoms in total. The van der Waals surface area contributed by atoms with Gasteiger partial charge in [0.05, 0.1) is 11.8 Å². The van der Waals surface area contributed by atoms with Crippen molar-refractivity contribution in [2.75, 3.05) is 18.4 Å². The molecule has 1 saturated heterocycles. The van der Waals surface area contributed by atoms with Gasteiger partial charge in [-0.15, -0.1) is 10.2 Å². The fraction of sp³-hybridized carbons (Fsp3) is 0.533. The molecule has 0 radical (unpaired) electrons. The van der Waals surface area contributed by atoms with Crippen LogP contribution >= 0.6 is 11.3 Å². The second kappa shape index (κ2) is 5.97. The Labute approximate surface area is 142 Å². The maximum atomic E-state index is 12.6. The second-order valence-corrected chi connectivity index (χ2v) is 7.13. The molecule has 1 aliphatic heterocycles. The molecule has 24 heavy (non-hydrogen) atoms. The molecule has 0 spiro atoms. The molecule has 4 amide bonds. The van der Waals surface area contributed by atoms with Crippen LogP contribution in [0, 0.1) is 23.7 Å². The summed E-state index contributed by atoms with van der Waals surface area (Å²) in [5, 5.41) is 12.9. The Morgan fingerprint density at radius 2 is 1.88 bits per heavy atom. The Morgan fingerprint density at radius 1 is 1.21 bits per heavy atom. The van der Waals surface area contributed by atoms with Gasteiger partial charge in [0, 0.05) is 13.1 Å². The highest BCUT2D eigenvalue weighted by Crippen LogP contribution is 2.49. The van der Waals surface area contributed by atoms with Crippen LogP contribution in [-0.4, -0.2) is 46.0 Å². The van der Waals surface area contributed by atoms with Crippen LogP contribution in [0.1, 0.15) is 12.8 Å². The molecule has 1 aromatic rings. The zero-order valence-corrected chi connectivity index (χ0v) is 13.7. The predicted molar refractivity (Wildman–Crippen MR) is 86.0 cm³/mol. The van der Waals surface area contributed by atoms with Crippen LogP contribution in [0.4, 0.5) is 9.93 Å². The third-order valence-corrected chi connectivity index (χ3v) is 5.66. The van der Waals surface area contributed by atoms with Crippen LogP contribution in [0.15, 0.2) is 17.7 Å². The lowest BCUT2D eigenvalue weighted by Gasteiger charge is -2.38. The van der Waals surface area contributed by atoms with Crippen LogP contribution < -0.4 is 10.6 Å². The zero-order chi connectivity index (χ0) is 16.7.